The van der Waals surface area contributed by atoms with Gasteiger partial charge in [0.1, 0.15) is 11.4 Å². The van der Waals surface area contributed by atoms with Crippen LogP contribution in [0.4, 0.5) is 5.82 Å². The van der Waals surface area contributed by atoms with Crippen molar-refractivity contribution in [2.45, 2.75) is 26.7 Å². The van der Waals surface area contributed by atoms with Gasteiger partial charge in [-0.25, -0.2) is 4.98 Å². The van der Waals surface area contributed by atoms with Gasteiger partial charge in [0.25, 0.3) is 5.91 Å². The zero-order valence-corrected chi connectivity index (χ0v) is 16.1. The molecule has 2 amide bonds. The SMILES string of the molecule is Cc1ccc(NC(=O)C2CCN(C(=O)c3cc4cc(C)ccc4o3)CC2)nc1. The maximum atomic E-state index is 12.8. The van der Waals surface area contributed by atoms with Crippen LogP contribution in [-0.2, 0) is 4.79 Å². The summed E-state index contributed by atoms with van der Waals surface area (Å²) in [5.41, 5.74) is 2.89. The molecule has 2 aromatic heterocycles. The molecule has 1 N–H and O–H groups in total. The summed E-state index contributed by atoms with van der Waals surface area (Å²) in [6, 6.07) is 11.4. The highest BCUT2D eigenvalue weighted by atomic mass is 16.3. The number of nitrogens with zero attached hydrogens (tertiary/aromatic N) is 2. The Morgan fingerprint density at radius 1 is 1.07 bits per heavy atom. The van der Waals surface area contributed by atoms with Gasteiger partial charge >= 0.3 is 0 Å². The molecule has 1 aliphatic heterocycles. The van der Waals surface area contributed by atoms with Crippen LogP contribution in [0.2, 0.25) is 0 Å². The number of likely N-dealkylation sites (tertiary alicyclic amines) is 1. The molecule has 0 saturated carbocycles. The Labute approximate surface area is 163 Å². The minimum atomic E-state index is -0.120. The van der Waals surface area contributed by atoms with E-state index in [9.17, 15) is 9.59 Å². The Bertz CT molecular complexity index is 1020. The number of hydrogen-bond donors (Lipinski definition) is 1. The summed E-state index contributed by atoms with van der Waals surface area (Å²) in [6.07, 6.45) is 2.98. The van der Waals surface area contributed by atoms with Crippen molar-refractivity contribution in [3.8, 4) is 0 Å². The fraction of sp³-hybridized carbons (Fsp3) is 0.318. The third-order valence-electron chi connectivity index (χ3n) is 5.20. The lowest BCUT2D eigenvalue weighted by Crippen LogP contribution is -2.41. The second kappa shape index (κ2) is 7.46. The molecule has 144 valence electrons. The minimum absolute atomic E-state index is 0.0392. The van der Waals surface area contributed by atoms with Gasteiger partial charge in [0, 0.05) is 30.6 Å². The first-order valence-electron chi connectivity index (χ1n) is 9.52. The molecule has 6 heteroatoms. The van der Waals surface area contributed by atoms with Crippen molar-refractivity contribution in [3.63, 3.8) is 0 Å². The molecule has 0 bridgehead atoms. The van der Waals surface area contributed by atoms with Gasteiger partial charge in [0.05, 0.1) is 0 Å². The Balaban J connectivity index is 1.36. The summed E-state index contributed by atoms with van der Waals surface area (Å²) in [7, 11) is 0. The number of pyridine rings is 1. The number of hydrogen-bond acceptors (Lipinski definition) is 4. The molecule has 3 aromatic rings. The average Bonchev–Trinajstić information content (AvgIpc) is 3.12. The molecular weight excluding hydrogens is 354 g/mol. The summed E-state index contributed by atoms with van der Waals surface area (Å²) in [5, 5.41) is 3.80. The number of fused-ring (bicyclic) bond motifs is 1. The van der Waals surface area contributed by atoms with Gasteiger partial charge < -0.3 is 14.6 Å². The van der Waals surface area contributed by atoms with Gasteiger partial charge in [0.15, 0.2) is 5.76 Å². The van der Waals surface area contributed by atoms with Crippen LogP contribution in [0.15, 0.2) is 47.0 Å². The molecule has 0 spiro atoms. The van der Waals surface area contributed by atoms with Crippen molar-refractivity contribution in [1.82, 2.24) is 9.88 Å². The number of benzene rings is 1. The van der Waals surface area contributed by atoms with Crippen molar-refractivity contribution in [2.24, 2.45) is 5.92 Å². The smallest absolute Gasteiger partial charge is 0.289 e. The molecule has 0 unspecified atom stereocenters. The highest BCUT2D eigenvalue weighted by molar-refractivity contribution is 5.96. The monoisotopic (exact) mass is 377 g/mol. The highest BCUT2D eigenvalue weighted by Gasteiger charge is 2.29. The molecule has 1 aromatic carbocycles. The minimum Gasteiger partial charge on any atom is -0.451 e. The number of furan rings is 1. The topological polar surface area (TPSA) is 75.4 Å². The predicted octanol–water partition coefficient (Wildman–Crippen LogP) is 3.94. The molecular formula is C22H23N3O3. The number of rotatable bonds is 3. The quantitative estimate of drug-likeness (QED) is 0.750. The maximum absolute atomic E-state index is 12.8. The molecule has 1 aliphatic rings. The van der Waals surface area contributed by atoms with E-state index in [-0.39, 0.29) is 17.7 Å². The molecule has 1 fully saturated rings. The lowest BCUT2D eigenvalue weighted by atomic mass is 9.95. The molecule has 28 heavy (non-hydrogen) atoms. The van der Waals surface area contributed by atoms with E-state index < -0.39 is 0 Å². The summed E-state index contributed by atoms with van der Waals surface area (Å²) in [4.78, 5) is 31.2. The Morgan fingerprint density at radius 2 is 1.82 bits per heavy atom. The first-order valence-corrected chi connectivity index (χ1v) is 9.52. The van der Waals surface area contributed by atoms with Gasteiger partial charge in [-0.1, -0.05) is 17.7 Å². The number of amides is 2. The summed E-state index contributed by atoms with van der Waals surface area (Å²) in [5.74, 6) is 0.639. The Morgan fingerprint density at radius 3 is 2.54 bits per heavy atom. The molecule has 0 atom stereocenters. The molecule has 4 rings (SSSR count). The van der Waals surface area contributed by atoms with Crippen LogP contribution >= 0.6 is 0 Å². The molecule has 0 aliphatic carbocycles. The second-order valence-electron chi connectivity index (χ2n) is 7.43. The van der Waals surface area contributed by atoms with E-state index in [0.29, 0.717) is 43.1 Å². The zero-order chi connectivity index (χ0) is 19.7. The van der Waals surface area contributed by atoms with Crippen LogP contribution < -0.4 is 5.32 Å². The highest BCUT2D eigenvalue weighted by Crippen LogP contribution is 2.24. The molecule has 3 heterocycles. The first-order chi connectivity index (χ1) is 13.5. The van der Waals surface area contributed by atoms with E-state index in [0.717, 1.165) is 16.5 Å². The maximum Gasteiger partial charge on any atom is 0.289 e. The first kappa shape index (κ1) is 18.2. The van der Waals surface area contributed by atoms with Crippen molar-refractivity contribution >= 4 is 28.6 Å². The molecule has 1 saturated heterocycles. The standard InChI is InChI=1S/C22H23N3O3/c1-14-3-5-18-17(11-14)12-19(28-18)22(27)25-9-7-16(8-10-25)21(26)24-20-6-4-15(2)13-23-20/h3-6,11-13,16H,7-10H2,1-2H3,(H,23,24,26). The third kappa shape index (κ3) is 3.76. The Kier molecular flexibility index (Phi) is 4.86. The lowest BCUT2D eigenvalue weighted by Gasteiger charge is -2.30. The molecule has 0 radical (unpaired) electrons. The number of carbonyl (C=O) groups excluding carboxylic acids is 2. The summed E-state index contributed by atoms with van der Waals surface area (Å²) < 4.78 is 5.72. The number of carbonyl (C=O) groups is 2. The second-order valence-corrected chi connectivity index (χ2v) is 7.43. The number of nitrogens with one attached hydrogen (secondary N) is 1. The van der Waals surface area contributed by atoms with Gasteiger partial charge in [-0.2, -0.15) is 0 Å². The zero-order valence-electron chi connectivity index (χ0n) is 16.1. The van der Waals surface area contributed by atoms with E-state index in [1.807, 2.05) is 38.1 Å². The predicted molar refractivity (Wildman–Crippen MR) is 107 cm³/mol. The number of anilines is 1. The number of aryl methyl sites for hydroxylation is 2. The van der Waals surface area contributed by atoms with Crippen LogP contribution in [0.5, 0.6) is 0 Å². The van der Waals surface area contributed by atoms with E-state index in [4.69, 9.17) is 4.42 Å². The van der Waals surface area contributed by atoms with Crippen LogP contribution in [0.3, 0.4) is 0 Å². The summed E-state index contributed by atoms with van der Waals surface area (Å²) in [6.45, 7) is 5.03. The van der Waals surface area contributed by atoms with Gasteiger partial charge in [0.2, 0.25) is 5.91 Å². The van der Waals surface area contributed by atoms with Crippen LogP contribution in [0, 0.1) is 19.8 Å². The fourth-order valence-electron chi connectivity index (χ4n) is 3.54. The van der Waals surface area contributed by atoms with E-state index in [2.05, 4.69) is 10.3 Å². The largest absolute Gasteiger partial charge is 0.451 e. The fourth-order valence-corrected chi connectivity index (χ4v) is 3.54. The molecule has 6 nitrogen and oxygen atoms in total. The van der Waals surface area contributed by atoms with Gasteiger partial charge in [-0.3, -0.25) is 9.59 Å². The normalized spacial score (nSPS) is 15.0. The lowest BCUT2D eigenvalue weighted by molar-refractivity contribution is -0.121. The van der Waals surface area contributed by atoms with E-state index in [1.165, 1.54) is 0 Å². The third-order valence-corrected chi connectivity index (χ3v) is 5.20. The average molecular weight is 377 g/mol. The summed E-state index contributed by atoms with van der Waals surface area (Å²) >= 11 is 0. The Hall–Kier alpha value is -3.15. The number of piperidine rings is 1. The van der Waals surface area contributed by atoms with E-state index in [1.54, 1.807) is 23.2 Å². The van der Waals surface area contributed by atoms with Gasteiger partial charge in [-0.05, 0) is 56.5 Å². The van der Waals surface area contributed by atoms with Crippen molar-refractivity contribution in [3.05, 3.63) is 59.5 Å². The van der Waals surface area contributed by atoms with E-state index >= 15 is 0 Å². The van der Waals surface area contributed by atoms with Crippen LogP contribution in [0.25, 0.3) is 11.0 Å². The number of aromatic nitrogens is 1. The van der Waals surface area contributed by atoms with Crippen molar-refractivity contribution < 1.29 is 14.0 Å². The van der Waals surface area contributed by atoms with Crippen molar-refractivity contribution in [2.75, 3.05) is 18.4 Å². The van der Waals surface area contributed by atoms with Gasteiger partial charge in [-0.15, -0.1) is 0 Å². The van der Waals surface area contributed by atoms with Crippen molar-refractivity contribution in [1.29, 1.82) is 0 Å². The van der Waals surface area contributed by atoms with Crippen LogP contribution in [-0.4, -0.2) is 34.8 Å². The van der Waals surface area contributed by atoms with Crippen LogP contribution in [0.1, 0.15) is 34.5 Å².